The van der Waals surface area contributed by atoms with Gasteiger partial charge in [0.1, 0.15) is 5.82 Å². The maximum Gasteiger partial charge on any atom is 0.340 e. The van der Waals surface area contributed by atoms with Gasteiger partial charge in [0.25, 0.3) is 5.91 Å². The van der Waals surface area contributed by atoms with E-state index in [2.05, 4.69) is 21.7 Å². The van der Waals surface area contributed by atoms with Gasteiger partial charge in [-0.15, -0.1) is 0 Å². The second kappa shape index (κ2) is 8.65. The first-order valence-electron chi connectivity index (χ1n) is 9.05. The highest BCUT2D eigenvalue weighted by Crippen LogP contribution is 2.23. The zero-order valence-electron chi connectivity index (χ0n) is 14.4. The standard InChI is InChI=1S/C19H25N3O3/c23-18(20-11-10-14-4-2-1-3-5-14)13-25-19(24)15-6-9-17(21-12-15)22-16-7-8-16/h4,6,9,12,16H,1-3,5,7-8,10-11,13H2,(H,20,23)(H,21,22). The molecule has 2 N–H and O–H groups in total. The molecule has 0 aromatic carbocycles. The number of carbonyl (C=O) groups excluding carboxylic acids is 2. The Morgan fingerprint density at radius 1 is 1.24 bits per heavy atom. The lowest BCUT2D eigenvalue weighted by atomic mass is 9.97. The summed E-state index contributed by atoms with van der Waals surface area (Å²) in [6.07, 6.45) is 11.7. The molecule has 0 aliphatic heterocycles. The van der Waals surface area contributed by atoms with E-state index in [4.69, 9.17) is 4.74 Å². The number of esters is 1. The predicted molar refractivity (Wildman–Crippen MR) is 95.3 cm³/mol. The molecule has 2 aliphatic rings. The summed E-state index contributed by atoms with van der Waals surface area (Å²) in [5, 5.41) is 6.04. The van der Waals surface area contributed by atoms with Gasteiger partial charge in [-0.25, -0.2) is 9.78 Å². The van der Waals surface area contributed by atoms with Crippen LogP contribution in [0.1, 0.15) is 55.3 Å². The molecule has 6 heteroatoms. The van der Waals surface area contributed by atoms with Crippen molar-refractivity contribution in [3.05, 3.63) is 35.5 Å². The summed E-state index contributed by atoms with van der Waals surface area (Å²) < 4.78 is 5.04. The van der Waals surface area contributed by atoms with E-state index in [1.807, 2.05) is 0 Å². The van der Waals surface area contributed by atoms with Crippen LogP contribution in [0.25, 0.3) is 0 Å². The Morgan fingerprint density at radius 2 is 2.12 bits per heavy atom. The highest BCUT2D eigenvalue weighted by atomic mass is 16.5. The Kier molecular flexibility index (Phi) is 6.04. The SMILES string of the molecule is O=C(COC(=O)c1ccc(NC2CC2)nc1)NCCC1=CCCCC1. The van der Waals surface area contributed by atoms with Crippen LogP contribution in [0.4, 0.5) is 5.82 Å². The molecule has 0 radical (unpaired) electrons. The fourth-order valence-electron chi connectivity index (χ4n) is 2.80. The number of ether oxygens (including phenoxy) is 1. The van der Waals surface area contributed by atoms with Crippen LogP contribution in [0.15, 0.2) is 30.0 Å². The molecule has 134 valence electrons. The number of aromatic nitrogens is 1. The summed E-state index contributed by atoms with van der Waals surface area (Å²) in [6, 6.07) is 3.93. The summed E-state index contributed by atoms with van der Waals surface area (Å²) in [7, 11) is 0. The van der Waals surface area contributed by atoms with Gasteiger partial charge in [0.2, 0.25) is 0 Å². The topological polar surface area (TPSA) is 80.3 Å². The van der Waals surface area contributed by atoms with Crippen molar-refractivity contribution < 1.29 is 14.3 Å². The third-order valence-corrected chi connectivity index (χ3v) is 4.42. The third kappa shape index (κ3) is 5.89. The highest BCUT2D eigenvalue weighted by molar-refractivity contribution is 5.91. The fraction of sp³-hybridized carbons (Fsp3) is 0.526. The van der Waals surface area contributed by atoms with Crippen molar-refractivity contribution in [3.63, 3.8) is 0 Å². The molecular weight excluding hydrogens is 318 g/mol. The molecule has 0 spiro atoms. The lowest BCUT2D eigenvalue weighted by molar-refractivity contribution is -0.124. The Hall–Kier alpha value is -2.37. The van der Waals surface area contributed by atoms with Gasteiger partial charge in [-0.1, -0.05) is 11.6 Å². The first kappa shape index (κ1) is 17.5. The Morgan fingerprint density at radius 3 is 2.80 bits per heavy atom. The number of nitrogens with zero attached hydrogens (tertiary/aromatic N) is 1. The lowest BCUT2D eigenvalue weighted by Gasteiger charge is -2.13. The second-order valence-electron chi connectivity index (χ2n) is 6.63. The Balaban J connectivity index is 1.34. The fourth-order valence-corrected chi connectivity index (χ4v) is 2.80. The van der Waals surface area contributed by atoms with E-state index in [0.29, 0.717) is 18.2 Å². The first-order chi connectivity index (χ1) is 12.2. The van der Waals surface area contributed by atoms with Crippen LogP contribution >= 0.6 is 0 Å². The minimum atomic E-state index is -0.532. The zero-order chi connectivity index (χ0) is 17.5. The van der Waals surface area contributed by atoms with E-state index in [-0.39, 0.29) is 12.5 Å². The number of pyridine rings is 1. The number of carbonyl (C=O) groups is 2. The summed E-state index contributed by atoms with van der Waals surface area (Å²) in [4.78, 5) is 27.9. The van der Waals surface area contributed by atoms with E-state index < -0.39 is 5.97 Å². The van der Waals surface area contributed by atoms with Gasteiger partial charge in [-0.05, 0) is 57.1 Å². The van der Waals surface area contributed by atoms with Gasteiger partial charge in [0, 0.05) is 18.8 Å². The molecule has 2 aliphatic carbocycles. The van der Waals surface area contributed by atoms with E-state index in [9.17, 15) is 9.59 Å². The largest absolute Gasteiger partial charge is 0.452 e. The molecule has 1 amide bonds. The molecule has 1 saturated carbocycles. The smallest absolute Gasteiger partial charge is 0.340 e. The molecule has 0 atom stereocenters. The number of anilines is 1. The van der Waals surface area contributed by atoms with Crippen molar-refractivity contribution in [2.24, 2.45) is 0 Å². The van der Waals surface area contributed by atoms with Crippen LogP contribution in [-0.2, 0) is 9.53 Å². The van der Waals surface area contributed by atoms with Crippen LogP contribution in [0.3, 0.4) is 0 Å². The van der Waals surface area contributed by atoms with Gasteiger partial charge in [0.15, 0.2) is 6.61 Å². The normalized spacial score (nSPS) is 16.7. The minimum Gasteiger partial charge on any atom is -0.452 e. The van der Waals surface area contributed by atoms with Crippen molar-refractivity contribution in [2.45, 2.75) is 51.0 Å². The van der Waals surface area contributed by atoms with Gasteiger partial charge >= 0.3 is 5.97 Å². The van der Waals surface area contributed by atoms with Crippen LogP contribution < -0.4 is 10.6 Å². The number of rotatable bonds is 8. The number of amides is 1. The van der Waals surface area contributed by atoms with Gasteiger partial charge < -0.3 is 15.4 Å². The molecule has 1 aromatic rings. The molecular formula is C19H25N3O3. The maximum absolute atomic E-state index is 11.9. The quantitative estimate of drug-likeness (QED) is 0.560. The molecule has 1 fully saturated rings. The van der Waals surface area contributed by atoms with Gasteiger partial charge in [-0.2, -0.15) is 0 Å². The molecule has 25 heavy (non-hydrogen) atoms. The molecule has 1 heterocycles. The van der Waals surface area contributed by atoms with Crippen molar-refractivity contribution >= 4 is 17.7 Å². The number of hydrogen-bond donors (Lipinski definition) is 2. The van der Waals surface area contributed by atoms with Gasteiger partial charge in [-0.3, -0.25) is 4.79 Å². The Bertz CT molecular complexity index is 636. The lowest BCUT2D eigenvalue weighted by Crippen LogP contribution is -2.29. The molecule has 0 unspecified atom stereocenters. The third-order valence-electron chi connectivity index (χ3n) is 4.42. The summed E-state index contributed by atoms with van der Waals surface area (Å²) in [6.45, 7) is 0.325. The summed E-state index contributed by atoms with van der Waals surface area (Å²) >= 11 is 0. The average molecular weight is 343 g/mol. The van der Waals surface area contributed by atoms with Crippen LogP contribution in [0.5, 0.6) is 0 Å². The Labute approximate surface area is 148 Å². The van der Waals surface area contributed by atoms with E-state index in [0.717, 1.165) is 37.9 Å². The monoisotopic (exact) mass is 343 g/mol. The number of hydrogen-bond acceptors (Lipinski definition) is 5. The van der Waals surface area contributed by atoms with Gasteiger partial charge in [0.05, 0.1) is 5.56 Å². The first-order valence-corrected chi connectivity index (χ1v) is 9.05. The van der Waals surface area contributed by atoms with E-state index in [1.165, 1.54) is 24.6 Å². The maximum atomic E-state index is 11.9. The number of nitrogens with one attached hydrogen (secondary N) is 2. The predicted octanol–water partition coefficient (Wildman–Crippen LogP) is 2.82. The van der Waals surface area contributed by atoms with Crippen molar-refractivity contribution in [3.8, 4) is 0 Å². The molecule has 0 saturated heterocycles. The van der Waals surface area contributed by atoms with Crippen molar-refractivity contribution in [1.29, 1.82) is 0 Å². The molecule has 3 rings (SSSR count). The minimum absolute atomic E-state index is 0.264. The molecule has 0 bridgehead atoms. The highest BCUT2D eigenvalue weighted by Gasteiger charge is 2.21. The second-order valence-corrected chi connectivity index (χ2v) is 6.63. The number of allylic oxidation sites excluding steroid dienone is 1. The summed E-state index contributed by atoms with van der Waals surface area (Å²) in [5.74, 6) is -0.0471. The van der Waals surface area contributed by atoms with Crippen molar-refractivity contribution in [1.82, 2.24) is 10.3 Å². The average Bonchev–Trinajstić information content (AvgIpc) is 3.45. The molecule has 6 nitrogen and oxygen atoms in total. The van der Waals surface area contributed by atoms with Crippen LogP contribution in [0.2, 0.25) is 0 Å². The van der Waals surface area contributed by atoms with Crippen LogP contribution in [-0.4, -0.2) is 36.1 Å². The van der Waals surface area contributed by atoms with Crippen molar-refractivity contribution in [2.75, 3.05) is 18.5 Å². The van der Waals surface area contributed by atoms with Crippen LogP contribution in [0, 0.1) is 0 Å². The van der Waals surface area contributed by atoms with E-state index in [1.54, 1.807) is 12.1 Å². The molecule has 1 aromatic heterocycles. The zero-order valence-corrected chi connectivity index (χ0v) is 14.4. The summed E-state index contributed by atoms with van der Waals surface area (Å²) in [5.41, 5.74) is 1.76. The van der Waals surface area contributed by atoms with E-state index >= 15 is 0 Å².